The lowest BCUT2D eigenvalue weighted by atomic mass is 10.3. The van der Waals surface area contributed by atoms with Crippen molar-refractivity contribution >= 4 is 18.0 Å². The molecule has 0 heterocycles. The van der Waals surface area contributed by atoms with Crippen LogP contribution in [0.3, 0.4) is 0 Å². The van der Waals surface area contributed by atoms with Crippen LogP contribution in [0.15, 0.2) is 0 Å². The van der Waals surface area contributed by atoms with E-state index in [9.17, 15) is 14.4 Å². The van der Waals surface area contributed by atoms with Crippen molar-refractivity contribution in [3.8, 4) is 0 Å². The van der Waals surface area contributed by atoms with Gasteiger partial charge in [-0.2, -0.15) is 0 Å². The maximum Gasteiger partial charge on any atom is 0.320 e. The van der Waals surface area contributed by atoms with Gasteiger partial charge in [-0.25, -0.2) is 4.79 Å². The van der Waals surface area contributed by atoms with Crippen LogP contribution in [0.25, 0.3) is 0 Å². The molecular formula is C13H22N2O5. The van der Waals surface area contributed by atoms with E-state index in [0.717, 1.165) is 12.8 Å². The highest BCUT2D eigenvalue weighted by Gasteiger charge is 2.34. The van der Waals surface area contributed by atoms with Crippen molar-refractivity contribution < 1.29 is 24.2 Å². The van der Waals surface area contributed by atoms with Gasteiger partial charge in [-0.1, -0.05) is 0 Å². The topological polar surface area (TPSA) is 87.2 Å². The van der Waals surface area contributed by atoms with Gasteiger partial charge in [0, 0.05) is 26.2 Å². The van der Waals surface area contributed by atoms with Crippen LogP contribution in [0.2, 0.25) is 0 Å². The minimum absolute atomic E-state index is 0.0616. The molecule has 0 aromatic rings. The van der Waals surface area contributed by atoms with Crippen molar-refractivity contribution in [2.75, 3.05) is 26.7 Å². The van der Waals surface area contributed by atoms with Gasteiger partial charge in [0.05, 0.1) is 19.4 Å². The maximum absolute atomic E-state index is 12.2. The first kappa shape index (κ1) is 16.3. The Morgan fingerprint density at radius 2 is 1.85 bits per heavy atom. The van der Waals surface area contributed by atoms with Crippen LogP contribution in [0, 0.1) is 0 Å². The Morgan fingerprint density at radius 3 is 2.35 bits per heavy atom. The maximum atomic E-state index is 12.2. The molecule has 1 saturated carbocycles. The number of hydrogen-bond acceptors (Lipinski definition) is 4. The Balaban J connectivity index is 2.43. The highest BCUT2D eigenvalue weighted by molar-refractivity contribution is 5.77. The zero-order valence-electron chi connectivity index (χ0n) is 12.0. The normalized spacial score (nSPS) is 13.7. The van der Waals surface area contributed by atoms with Crippen LogP contribution in [0.1, 0.15) is 32.6 Å². The van der Waals surface area contributed by atoms with E-state index in [-0.39, 0.29) is 44.0 Å². The third-order valence-electron chi connectivity index (χ3n) is 3.08. The zero-order chi connectivity index (χ0) is 15.1. The van der Waals surface area contributed by atoms with E-state index in [4.69, 9.17) is 9.84 Å². The first-order valence-corrected chi connectivity index (χ1v) is 6.84. The lowest BCUT2D eigenvalue weighted by Crippen LogP contribution is -2.44. The van der Waals surface area contributed by atoms with Crippen LogP contribution in [0.4, 0.5) is 4.79 Å². The van der Waals surface area contributed by atoms with E-state index in [1.54, 1.807) is 18.9 Å². The Morgan fingerprint density at radius 1 is 1.20 bits per heavy atom. The third-order valence-corrected chi connectivity index (χ3v) is 3.08. The minimum Gasteiger partial charge on any atom is -0.481 e. The number of carbonyl (C=O) groups is 3. The molecule has 1 fully saturated rings. The molecule has 7 heteroatoms. The van der Waals surface area contributed by atoms with Gasteiger partial charge in [0.15, 0.2) is 0 Å². The van der Waals surface area contributed by atoms with Crippen LogP contribution in [-0.4, -0.2) is 65.7 Å². The Labute approximate surface area is 118 Å². The summed E-state index contributed by atoms with van der Waals surface area (Å²) in [7, 11) is 1.61. The summed E-state index contributed by atoms with van der Waals surface area (Å²) in [6, 6.07) is -0.0788. The predicted octanol–water partition coefficient (Wildman–Crippen LogP) is 0.931. The summed E-state index contributed by atoms with van der Waals surface area (Å²) >= 11 is 0. The van der Waals surface area contributed by atoms with E-state index in [1.165, 1.54) is 4.90 Å². The quantitative estimate of drug-likeness (QED) is 0.671. The summed E-state index contributed by atoms with van der Waals surface area (Å²) in [5, 5.41) is 8.71. The second-order valence-corrected chi connectivity index (χ2v) is 4.83. The van der Waals surface area contributed by atoms with Gasteiger partial charge in [0.2, 0.25) is 0 Å². The Hall–Kier alpha value is -1.79. The van der Waals surface area contributed by atoms with Gasteiger partial charge in [-0.15, -0.1) is 0 Å². The molecule has 0 atom stereocenters. The van der Waals surface area contributed by atoms with E-state index >= 15 is 0 Å². The van der Waals surface area contributed by atoms with E-state index < -0.39 is 5.97 Å². The number of carbonyl (C=O) groups excluding carboxylic acids is 2. The van der Waals surface area contributed by atoms with Gasteiger partial charge in [-0.05, 0) is 19.8 Å². The molecule has 0 saturated heterocycles. The molecule has 1 aliphatic carbocycles. The lowest BCUT2D eigenvalue weighted by Gasteiger charge is -2.27. The van der Waals surface area contributed by atoms with Crippen LogP contribution in [-0.2, 0) is 14.3 Å². The van der Waals surface area contributed by atoms with Gasteiger partial charge in [-0.3, -0.25) is 9.59 Å². The van der Waals surface area contributed by atoms with Crippen molar-refractivity contribution in [2.24, 2.45) is 0 Å². The summed E-state index contributed by atoms with van der Waals surface area (Å²) in [5.74, 6) is -1.26. The van der Waals surface area contributed by atoms with Crippen molar-refractivity contribution in [1.82, 2.24) is 9.80 Å². The van der Waals surface area contributed by atoms with E-state index in [0.29, 0.717) is 6.61 Å². The molecule has 7 nitrogen and oxygen atoms in total. The van der Waals surface area contributed by atoms with Crippen molar-refractivity contribution in [3.05, 3.63) is 0 Å². The summed E-state index contributed by atoms with van der Waals surface area (Å²) in [5.41, 5.74) is 0. The Kier molecular flexibility index (Phi) is 6.27. The molecule has 0 aromatic heterocycles. The SMILES string of the molecule is CCOC(=O)CCN(C)C(=O)N(CCC(=O)O)C1CC1. The molecule has 1 rings (SSSR count). The second kappa shape index (κ2) is 7.72. The molecule has 0 aromatic carbocycles. The van der Waals surface area contributed by atoms with Crippen LogP contribution < -0.4 is 0 Å². The second-order valence-electron chi connectivity index (χ2n) is 4.83. The summed E-state index contributed by atoms with van der Waals surface area (Å²) in [4.78, 5) is 37.1. The summed E-state index contributed by atoms with van der Waals surface area (Å²) in [6.45, 7) is 2.54. The standard InChI is InChI=1S/C13H22N2O5/c1-3-20-12(18)7-8-14(2)13(19)15(10-4-5-10)9-6-11(16)17/h10H,3-9H2,1-2H3,(H,16,17). The number of ether oxygens (including phenoxy) is 1. The van der Waals surface area contributed by atoms with Crippen molar-refractivity contribution in [3.63, 3.8) is 0 Å². The largest absolute Gasteiger partial charge is 0.481 e. The third kappa shape index (κ3) is 5.46. The molecule has 20 heavy (non-hydrogen) atoms. The van der Waals surface area contributed by atoms with Crippen LogP contribution in [0.5, 0.6) is 0 Å². The van der Waals surface area contributed by atoms with Gasteiger partial charge in [0.25, 0.3) is 0 Å². The number of carboxylic acid groups (broad SMARTS) is 1. The zero-order valence-corrected chi connectivity index (χ0v) is 12.0. The molecule has 1 N–H and O–H groups in total. The van der Waals surface area contributed by atoms with Crippen molar-refractivity contribution in [2.45, 2.75) is 38.6 Å². The number of aliphatic carboxylic acids is 1. The average Bonchev–Trinajstić information content (AvgIpc) is 3.20. The fourth-order valence-corrected chi connectivity index (χ4v) is 1.84. The average molecular weight is 286 g/mol. The first-order valence-electron chi connectivity index (χ1n) is 6.84. The number of urea groups is 1. The first-order chi connectivity index (χ1) is 9.45. The summed E-state index contributed by atoms with van der Waals surface area (Å²) in [6.07, 6.45) is 1.91. The van der Waals surface area contributed by atoms with Gasteiger partial charge in [0.1, 0.15) is 0 Å². The van der Waals surface area contributed by atoms with Crippen LogP contribution >= 0.6 is 0 Å². The molecule has 1 aliphatic rings. The number of amides is 2. The fourth-order valence-electron chi connectivity index (χ4n) is 1.84. The molecule has 114 valence electrons. The van der Waals surface area contributed by atoms with Gasteiger partial charge < -0.3 is 19.6 Å². The number of rotatable bonds is 8. The highest BCUT2D eigenvalue weighted by atomic mass is 16.5. The van der Waals surface area contributed by atoms with Crippen molar-refractivity contribution in [1.29, 1.82) is 0 Å². The Bertz CT molecular complexity index is 368. The van der Waals surface area contributed by atoms with E-state index in [2.05, 4.69) is 0 Å². The number of carboxylic acids is 1. The fraction of sp³-hybridized carbons (Fsp3) is 0.769. The molecule has 0 spiro atoms. The number of esters is 1. The number of hydrogen-bond donors (Lipinski definition) is 1. The molecule has 0 radical (unpaired) electrons. The number of nitrogens with zero attached hydrogens (tertiary/aromatic N) is 2. The molecule has 0 aliphatic heterocycles. The summed E-state index contributed by atoms with van der Waals surface area (Å²) < 4.78 is 4.80. The smallest absolute Gasteiger partial charge is 0.320 e. The molecule has 0 bridgehead atoms. The lowest BCUT2D eigenvalue weighted by molar-refractivity contribution is -0.143. The van der Waals surface area contributed by atoms with E-state index in [1.807, 2.05) is 0 Å². The minimum atomic E-state index is -0.919. The molecular weight excluding hydrogens is 264 g/mol. The monoisotopic (exact) mass is 286 g/mol. The highest BCUT2D eigenvalue weighted by Crippen LogP contribution is 2.27. The molecule has 0 unspecified atom stereocenters. The predicted molar refractivity (Wildman–Crippen MR) is 71.3 cm³/mol. The van der Waals surface area contributed by atoms with Gasteiger partial charge >= 0.3 is 18.0 Å². The molecule has 2 amide bonds.